The summed E-state index contributed by atoms with van der Waals surface area (Å²) in [5, 5.41) is 2.84. The number of aromatic nitrogens is 6. The van der Waals surface area contributed by atoms with Gasteiger partial charge in [0, 0.05) is 50.5 Å². The molecule has 0 saturated carbocycles. The Kier molecular flexibility index (Phi) is 6.34. The van der Waals surface area contributed by atoms with Gasteiger partial charge in [0.1, 0.15) is 18.0 Å². The first-order chi connectivity index (χ1) is 17.1. The number of nitrogens with one attached hydrogen (secondary N) is 1. The predicted molar refractivity (Wildman–Crippen MR) is 134 cm³/mol. The van der Waals surface area contributed by atoms with Crippen molar-refractivity contribution in [2.24, 2.45) is 0 Å². The van der Waals surface area contributed by atoms with Crippen LogP contribution in [-0.2, 0) is 0 Å². The van der Waals surface area contributed by atoms with Crippen molar-refractivity contribution in [2.45, 2.75) is 26.3 Å². The van der Waals surface area contributed by atoms with Gasteiger partial charge < -0.3 is 15.1 Å². The maximum Gasteiger partial charge on any atom is 0.257 e. The number of carbonyl (C=O) groups excluding carboxylic acids is 1. The first-order valence-electron chi connectivity index (χ1n) is 11.6. The quantitative estimate of drug-likeness (QED) is 0.459. The number of imidazole rings is 1. The summed E-state index contributed by atoms with van der Waals surface area (Å²) in [4.78, 5) is 39.1. The molecule has 1 N–H and O–H groups in total. The molecule has 10 nitrogen and oxygen atoms in total. The summed E-state index contributed by atoms with van der Waals surface area (Å²) in [6.45, 7) is 6.69. The number of amides is 1. The minimum atomic E-state index is -0.267. The van der Waals surface area contributed by atoms with Crippen LogP contribution in [0.5, 0.6) is 0 Å². The molecule has 10 heteroatoms. The highest BCUT2D eigenvalue weighted by atomic mass is 16.1. The maximum atomic E-state index is 12.6. The van der Waals surface area contributed by atoms with Gasteiger partial charge in [-0.25, -0.2) is 24.9 Å². The number of nitrogens with zero attached hydrogens (tertiary/aromatic N) is 8. The average molecular weight is 470 g/mol. The highest BCUT2D eigenvalue weighted by molar-refractivity contribution is 6.03. The van der Waals surface area contributed by atoms with Crippen molar-refractivity contribution in [1.29, 1.82) is 0 Å². The third-order valence-electron chi connectivity index (χ3n) is 6.10. The fourth-order valence-electron chi connectivity index (χ4n) is 4.14. The second-order valence-corrected chi connectivity index (χ2v) is 8.50. The summed E-state index contributed by atoms with van der Waals surface area (Å²) >= 11 is 0. The molecule has 1 amide bonds. The Morgan fingerprint density at radius 3 is 2.46 bits per heavy atom. The van der Waals surface area contributed by atoms with E-state index in [1.54, 1.807) is 47.8 Å². The fourth-order valence-corrected chi connectivity index (χ4v) is 4.14. The van der Waals surface area contributed by atoms with E-state index < -0.39 is 0 Å². The Balaban J connectivity index is 1.21. The van der Waals surface area contributed by atoms with Crippen molar-refractivity contribution in [3.63, 3.8) is 0 Å². The van der Waals surface area contributed by atoms with E-state index in [0.717, 1.165) is 37.4 Å². The molecule has 1 aliphatic rings. The average Bonchev–Trinajstić information content (AvgIpc) is 3.45. The predicted octanol–water partition coefficient (Wildman–Crippen LogP) is 3.12. The molecule has 1 saturated heterocycles. The Labute approximate surface area is 203 Å². The zero-order chi connectivity index (χ0) is 24.2. The monoisotopic (exact) mass is 469 g/mol. The van der Waals surface area contributed by atoms with E-state index in [1.165, 1.54) is 6.20 Å². The zero-order valence-corrected chi connectivity index (χ0v) is 19.7. The van der Waals surface area contributed by atoms with Gasteiger partial charge in [-0.1, -0.05) is 13.0 Å². The summed E-state index contributed by atoms with van der Waals surface area (Å²) in [6, 6.07) is 8.00. The van der Waals surface area contributed by atoms with Crippen LogP contribution in [0.1, 0.15) is 29.3 Å². The molecule has 178 valence electrons. The van der Waals surface area contributed by atoms with Gasteiger partial charge in [0.15, 0.2) is 0 Å². The molecule has 0 unspecified atom stereocenters. The van der Waals surface area contributed by atoms with Crippen LogP contribution in [0, 0.1) is 6.92 Å². The smallest absolute Gasteiger partial charge is 0.257 e. The van der Waals surface area contributed by atoms with E-state index in [1.807, 2.05) is 13.1 Å². The first-order valence-corrected chi connectivity index (χ1v) is 11.6. The second kappa shape index (κ2) is 9.88. The number of hydrogen-bond acceptors (Lipinski definition) is 8. The maximum absolute atomic E-state index is 12.6. The van der Waals surface area contributed by atoms with Crippen LogP contribution in [0.2, 0.25) is 0 Å². The summed E-state index contributed by atoms with van der Waals surface area (Å²) in [7, 11) is 0. The van der Waals surface area contributed by atoms with Crippen molar-refractivity contribution in [1.82, 2.24) is 29.5 Å². The lowest BCUT2D eigenvalue weighted by molar-refractivity contribution is 0.102. The molecule has 4 aromatic rings. The summed E-state index contributed by atoms with van der Waals surface area (Å²) in [5.41, 5.74) is 2.14. The molecule has 1 aliphatic heterocycles. The molecule has 1 fully saturated rings. The summed E-state index contributed by atoms with van der Waals surface area (Å²) < 4.78 is 1.77. The van der Waals surface area contributed by atoms with Crippen LogP contribution in [-0.4, -0.2) is 61.1 Å². The van der Waals surface area contributed by atoms with Crippen LogP contribution in [0.3, 0.4) is 0 Å². The number of carbonyl (C=O) groups is 1. The van der Waals surface area contributed by atoms with E-state index in [9.17, 15) is 4.79 Å². The fraction of sp³-hybridized carbons (Fsp3) is 0.280. The molecule has 0 aliphatic carbocycles. The minimum Gasteiger partial charge on any atom is -0.350 e. The van der Waals surface area contributed by atoms with Crippen LogP contribution < -0.4 is 15.1 Å². The molecular formula is C25H27N9O. The van der Waals surface area contributed by atoms with Crippen LogP contribution in [0.25, 0.3) is 5.82 Å². The lowest BCUT2D eigenvalue weighted by Crippen LogP contribution is -2.54. The van der Waals surface area contributed by atoms with Crippen LogP contribution in [0.4, 0.5) is 17.5 Å². The van der Waals surface area contributed by atoms with Crippen molar-refractivity contribution < 1.29 is 4.79 Å². The van der Waals surface area contributed by atoms with Gasteiger partial charge in [0.25, 0.3) is 5.91 Å². The minimum absolute atomic E-state index is 0.267. The molecule has 5 heterocycles. The van der Waals surface area contributed by atoms with Gasteiger partial charge >= 0.3 is 0 Å². The van der Waals surface area contributed by atoms with E-state index in [4.69, 9.17) is 0 Å². The van der Waals surface area contributed by atoms with E-state index >= 15 is 0 Å². The van der Waals surface area contributed by atoms with Gasteiger partial charge in [-0.2, -0.15) is 0 Å². The first kappa shape index (κ1) is 22.5. The number of hydrogen-bond donors (Lipinski definition) is 1. The number of rotatable bonds is 6. The molecule has 5 rings (SSSR count). The highest BCUT2D eigenvalue weighted by Gasteiger charge is 2.28. The summed E-state index contributed by atoms with van der Waals surface area (Å²) in [5.74, 6) is 2.09. The largest absolute Gasteiger partial charge is 0.350 e. The second-order valence-electron chi connectivity index (χ2n) is 8.50. The van der Waals surface area contributed by atoms with Crippen molar-refractivity contribution in [3.05, 3.63) is 78.9 Å². The molecule has 0 spiro atoms. The molecular weight excluding hydrogens is 442 g/mol. The van der Waals surface area contributed by atoms with Crippen molar-refractivity contribution in [3.8, 4) is 5.82 Å². The standard InChI is InChI=1S/C25H27N9O/c1-3-21-16-32(10-11-34(21)23-6-4-18(2)12-27-23)25-29-14-20(15-30-25)31-24(35)19-5-7-22(28-13-19)33-9-8-26-17-33/h4-9,12-15,17,21H,3,10-11,16H2,1-2H3,(H,31,35)/t21-/m0/s1. The number of anilines is 3. The molecule has 35 heavy (non-hydrogen) atoms. The van der Waals surface area contributed by atoms with Gasteiger partial charge in [-0.3, -0.25) is 9.36 Å². The van der Waals surface area contributed by atoms with Crippen molar-refractivity contribution in [2.75, 3.05) is 34.8 Å². The third kappa shape index (κ3) is 4.96. The lowest BCUT2D eigenvalue weighted by Gasteiger charge is -2.41. The van der Waals surface area contributed by atoms with Crippen LogP contribution in [0.15, 0.2) is 67.8 Å². The lowest BCUT2D eigenvalue weighted by atomic mass is 10.1. The Bertz CT molecular complexity index is 1260. The van der Waals surface area contributed by atoms with Crippen LogP contribution >= 0.6 is 0 Å². The van der Waals surface area contributed by atoms with Gasteiger partial charge in [-0.05, 0) is 37.1 Å². The Morgan fingerprint density at radius 1 is 1.00 bits per heavy atom. The summed E-state index contributed by atoms with van der Waals surface area (Å²) in [6.07, 6.45) is 12.8. The van der Waals surface area contributed by atoms with E-state index in [0.29, 0.717) is 29.1 Å². The normalized spacial score (nSPS) is 15.8. The SMILES string of the molecule is CC[C@H]1CN(c2ncc(NC(=O)c3ccc(-n4ccnc4)nc3)cn2)CCN1c1ccc(C)cn1. The zero-order valence-electron chi connectivity index (χ0n) is 19.7. The van der Waals surface area contributed by atoms with E-state index in [2.05, 4.69) is 59.1 Å². The topological polar surface area (TPSA) is 105 Å². The Hall–Kier alpha value is -4.34. The Morgan fingerprint density at radius 2 is 1.80 bits per heavy atom. The molecule has 0 radical (unpaired) electrons. The molecule has 1 atom stereocenters. The molecule has 0 aromatic carbocycles. The highest BCUT2D eigenvalue weighted by Crippen LogP contribution is 2.23. The number of piperazine rings is 1. The van der Waals surface area contributed by atoms with Gasteiger partial charge in [0.05, 0.1) is 23.6 Å². The van der Waals surface area contributed by atoms with E-state index in [-0.39, 0.29) is 5.91 Å². The molecule has 4 aromatic heterocycles. The third-order valence-corrected chi connectivity index (χ3v) is 6.10. The number of aryl methyl sites for hydroxylation is 1. The number of pyridine rings is 2. The van der Waals surface area contributed by atoms with Gasteiger partial charge in [0.2, 0.25) is 5.95 Å². The van der Waals surface area contributed by atoms with Crippen molar-refractivity contribution >= 4 is 23.4 Å². The molecule has 0 bridgehead atoms. The van der Waals surface area contributed by atoms with Gasteiger partial charge in [-0.15, -0.1) is 0 Å².